The van der Waals surface area contributed by atoms with Crippen molar-refractivity contribution >= 4 is 15.9 Å². The molecule has 1 heterocycles. The van der Waals surface area contributed by atoms with Gasteiger partial charge in [-0.25, -0.2) is 8.42 Å². The molecule has 1 aliphatic rings. The predicted octanol–water partition coefficient (Wildman–Crippen LogP) is 3.50. The molecule has 0 radical (unpaired) electrons. The van der Waals surface area contributed by atoms with Crippen molar-refractivity contribution in [3.63, 3.8) is 0 Å². The summed E-state index contributed by atoms with van der Waals surface area (Å²) in [5.74, 6) is 0.00219. The summed E-state index contributed by atoms with van der Waals surface area (Å²) in [6.45, 7) is 3.17. The van der Waals surface area contributed by atoms with E-state index in [9.17, 15) is 13.2 Å². The third-order valence-electron chi connectivity index (χ3n) is 5.18. The molecule has 2 rings (SSSR count). The van der Waals surface area contributed by atoms with Crippen LogP contribution in [0.5, 0.6) is 0 Å². The molecule has 0 bridgehead atoms. The van der Waals surface area contributed by atoms with E-state index in [-0.39, 0.29) is 11.7 Å². The molecule has 27 heavy (non-hydrogen) atoms. The third-order valence-corrected chi connectivity index (χ3v) is 7.13. The summed E-state index contributed by atoms with van der Waals surface area (Å²) in [4.78, 5) is 12.5. The molecule has 0 aliphatic carbocycles. The van der Waals surface area contributed by atoms with Gasteiger partial charge in [-0.1, -0.05) is 69.4 Å². The molecule has 0 aromatic heterocycles. The molecule has 1 unspecified atom stereocenters. The average Bonchev–Trinajstić information content (AvgIpc) is 3.16. The van der Waals surface area contributed by atoms with Gasteiger partial charge in [0.1, 0.15) is 6.04 Å². The third kappa shape index (κ3) is 7.26. The predicted molar refractivity (Wildman–Crippen MR) is 110 cm³/mol. The average molecular weight is 395 g/mol. The molecule has 1 atom stereocenters. The van der Waals surface area contributed by atoms with E-state index < -0.39 is 16.1 Å². The maximum atomic E-state index is 12.7. The van der Waals surface area contributed by atoms with E-state index >= 15 is 0 Å². The van der Waals surface area contributed by atoms with Gasteiger partial charge in [0.15, 0.2) is 0 Å². The number of carbonyl (C=O) groups excluding carboxylic acids is 1. The van der Waals surface area contributed by atoms with Crippen molar-refractivity contribution < 1.29 is 13.2 Å². The summed E-state index contributed by atoms with van der Waals surface area (Å²) in [6.07, 6.45) is 8.42. The van der Waals surface area contributed by atoms with Crippen LogP contribution in [0, 0.1) is 0 Å². The van der Waals surface area contributed by atoms with E-state index in [1.165, 1.54) is 23.6 Å². The first kappa shape index (κ1) is 21.9. The normalized spacial score (nSPS) is 17.9. The Hall–Kier alpha value is -1.40. The van der Waals surface area contributed by atoms with Crippen molar-refractivity contribution in [3.05, 3.63) is 35.9 Å². The number of rotatable bonds is 12. The number of hydrogen-bond donors (Lipinski definition) is 1. The molecular weight excluding hydrogens is 360 g/mol. The van der Waals surface area contributed by atoms with Gasteiger partial charge in [-0.05, 0) is 31.2 Å². The minimum atomic E-state index is -3.35. The second-order valence-corrected chi connectivity index (χ2v) is 9.42. The number of amides is 1. The van der Waals surface area contributed by atoms with Gasteiger partial charge < -0.3 is 5.32 Å². The summed E-state index contributed by atoms with van der Waals surface area (Å²) >= 11 is 0. The lowest BCUT2D eigenvalue weighted by molar-refractivity contribution is -0.124. The Morgan fingerprint density at radius 2 is 1.81 bits per heavy atom. The van der Waals surface area contributed by atoms with Crippen LogP contribution in [-0.2, 0) is 21.2 Å². The Labute approximate surface area is 164 Å². The SMILES string of the molecule is CCCCCCCCS(=O)(=O)N1CCCC1C(=O)NCCc1ccccc1. The molecule has 5 nitrogen and oxygen atoms in total. The summed E-state index contributed by atoms with van der Waals surface area (Å²) in [6, 6.07) is 9.44. The van der Waals surface area contributed by atoms with Crippen molar-refractivity contribution in [2.24, 2.45) is 0 Å². The maximum Gasteiger partial charge on any atom is 0.238 e. The van der Waals surface area contributed by atoms with Gasteiger partial charge >= 0.3 is 0 Å². The van der Waals surface area contributed by atoms with Crippen LogP contribution in [0.1, 0.15) is 63.9 Å². The molecule has 1 fully saturated rings. The first-order valence-corrected chi connectivity index (χ1v) is 12.0. The number of sulfonamides is 1. The number of carbonyl (C=O) groups is 1. The van der Waals surface area contributed by atoms with E-state index in [0.717, 1.165) is 31.2 Å². The molecule has 1 aromatic rings. The molecular formula is C21H34N2O3S. The van der Waals surface area contributed by atoms with Gasteiger partial charge in [-0.15, -0.1) is 0 Å². The van der Waals surface area contributed by atoms with Crippen LogP contribution < -0.4 is 5.32 Å². The second kappa shape index (κ2) is 11.4. The maximum absolute atomic E-state index is 12.7. The molecule has 1 saturated heterocycles. The smallest absolute Gasteiger partial charge is 0.238 e. The van der Waals surface area contributed by atoms with Crippen LogP contribution in [0.3, 0.4) is 0 Å². The molecule has 1 aromatic carbocycles. The Morgan fingerprint density at radius 3 is 2.56 bits per heavy atom. The fourth-order valence-corrected chi connectivity index (χ4v) is 5.41. The van der Waals surface area contributed by atoms with Gasteiger partial charge in [0.25, 0.3) is 0 Å². The molecule has 1 N–H and O–H groups in total. The number of benzene rings is 1. The molecule has 1 amide bonds. The largest absolute Gasteiger partial charge is 0.354 e. The van der Waals surface area contributed by atoms with Crippen molar-refractivity contribution in [1.82, 2.24) is 9.62 Å². The second-order valence-electron chi connectivity index (χ2n) is 7.38. The van der Waals surface area contributed by atoms with Gasteiger partial charge in [0.2, 0.25) is 15.9 Å². The zero-order valence-corrected chi connectivity index (χ0v) is 17.3. The fourth-order valence-electron chi connectivity index (χ4n) is 3.61. The van der Waals surface area contributed by atoms with E-state index in [1.54, 1.807) is 0 Å². The topological polar surface area (TPSA) is 66.5 Å². The highest BCUT2D eigenvalue weighted by molar-refractivity contribution is 7.89. The summed E-state index contributed by atoms with van der Waals surface area (Å²) in [7, 11) is -3.35. The number of nitrogens with one attached hydrogen (secondary N) is 1. The van der Waals surface area contributed by atoms with E-state index in [0.29, 0.717) is 25.9 Å². The molecule has 152 valence electrons. The lowest BCUT2D eigenvalue weighted by atomic mass is 10.1. The molecule has 0 saturated carbocycles. The Bertz CT molecular complexity index is 661. The Morgan fingerprint density at radius 1 is 1.11 bits per heavy atom. The number of unbranched alkanes of at least 4 members (excludes halogenated alkanes) is 5. The van der Waals surface area contributed by atoms with E-state index in [1.807, 2.05) is 30.3 Å². The van der Waals surface area contributed by atoms with Crippen LogP contribution in [0.2, 0.25) is 0 Å². The van der Waals surface area contributed by atoms with Crippen molar-refractivity contribution in [2.45, 2.75) is 70.8 Å². The Balaban J connectivity index is 1.77. The van der Waals surface area contributed by atoms with Crippen LogP contribution >= 0.6 is 0 Å². The highest BCUT2D eigenvalue weighted by Crippen LogP contribution is 2.22. The summed E-state index contributed by atoms with van der Waals surface area (Å²) in [5.41, 5.74) is 1.16. The lowest BCUT2D eigenvalue weighted by Crippen LogP contribution is -2.47. The number of nitrogens with zero attached hydrogens (tertiary/aromatic N) is 1. The minimum Gasteiger partial charge on any atom is -0.354 e. The highest BCUT2D eigenvalue weighted by Gasteiger charge is 2.37. The molecule has 0 spiro atoms. The molecule has 1 aliphatic heterocycles. The fraction of sp³-hybridized carbons (Fsp3) is 0.667. The van der Waals surface area contributed by atoms with Crippen LogP contribution in [-0.4, -0.2) is 43.5 Å². The van der Waals surface area contributed by atoms with Gasteiger partial charge in [0, 0.05) is 13.1 Å². The standard InChI is InChI=1S/C21H34N2O3S/c1-2-3-4-5-6-10-18-27(25,26)23-17-11-14-20(23)21(24)22-16-15-19-12-8-7-9-13-19/h7-9,12-13,20H,2-6,10-11,14-18H2,1H3,(H,22,24). The first-order valence-electron chi connectivity index (χ1n) is 10.4. The van der Waals surface area contributed by atoms with E-state index in [2.05, 4.69) is 12.2 Å². The van der Waals surface area contributed by atoms with Crippen molar-refractivity contribution in [3.8, 4) is 0 Å². The zero-order valence-electron chi connectivity index (χ0n) is 16.5. The van der Waals surface area contributed by atoms with Crippen molar-refractivity contribution in [1.29, 1.82) is 0 Å². The van der Waals surface area contributed by atoms with Crippen LogP contribution in [0.25, 0.3) is 0 Å². The van der Waals surface area contributed by atoms with Crippen molar-refractivity contribution in [2.75, 3.05) is 18.8 Å². The quantitative estimate of drug-likeness (QED) is 0.552. The van der Waals surface area contributed by atoms with Gasteiger partial charge in [-0.2, -0.15) is 4.31 Å². The lowest BCUT2D eigenvalue weighted by Gasteiger charge is -2.23. The Kier molecular flexibility index (Phi) is 9.28. The minimum absolute atomic E-state index is 0.157. The van der Waals surface area contributed by atoms with Gasteiger partial charge in [0.05, 0.1) is 5.75 Å². The highest BCUT2D eigenvalue weighted by atomic mass is 32.2. The van der Waals surface area contributed by atoms with Gasteiger partial charge in [-0.3, -0.25) is 4.79 Å². The van der Waals surface area contributed by atoms with Crippen LogP contribution in [0.15, 0.2) is 30.3 Å². The monoisotopic (exact) mass is 394 g/mol. The summed E-state index contributed by atoms with van der Waals surface area (Å²) in [5, 5.41) is 2.92. The van der Waals surface area contributed by atoms with E-state index in [4.69, 9.17) is 0 Å². The van der Waals surface area contributed by atoms with Crippen LogP contribution in [0.4, 0.5) is 0 Å². The molecule has 6 heteroatoms. The number of hydrogen-bond acceptors (Lipinski definition) is 3. The first-order chi connectivity index (χ1) is 13.0. The zero-order chi connectivity index (χ0) is 19.5. The summed E-state index contributed by atoms with van der Waals surface area (Å²) < 4.78 is 26.8.